The summed E-state index contributed by atoms with van der Waals surface area (Å²) in [5.41, 5.74) is 3.52. The summed E-state index contributed by atoms with van der Waals surface area (Å²) in [6.45, 7) is 1.28. The maximum atomic E-state index is 8.94. The van der Waals surface area contributed by atoms with Gasteiger partial charge in [-0.1, -0.05) is 12.1 Å². The lowest BCUT2D eigenvalue weighted by molar-refractivity contribution is 0.299. The zero-order valence-corrected chi connectivity index (χ0v) is 10.9. The Morgan fingerprint density at radius 3 is 2.84 bits per heavy atom. The van der Waals surface area contributed by atoms with E-state index in [-0.39, 0.29) is 6.61 Å². The van der Waals surface area contributed by atoms with Crippen LogP contribution in [0.4, 0.5) is 0 Å². The molecule has 100 valence electrons. The van der Waals surface area contributed by atoms with Crippen molar-refractivity contribution in [2.75, 3.05) is 13.2 Å². The van der Waals surface area contributed by atoms with E-state index in [0.717, 1.165) is 17.8 Å². The molecule has 1 saturated heterocycles. The Labute approximate surface area is 113 Å². The minimum atomic E-state index is 0.196. The molecule has 1 aliphatic rings. The van der Waals surface area contributed by atoms with Gasteiger partial charge in [-0.15, -0.1) is 0 Å². The number of hydrogen-bond acceptors (Lipinski definition) is 3. The van der Waals surface area contributed by atoms with E-state index in [4.69, 9.17) is 5.11 Å². The molecular formula is C15H19N3O. The van der Waals surface area contributed by atoms with Gasteiger partial charge in [-0.3, -0.25) is 0 Å². The lowest BCUT2D eigenvalue weighted by Crippen LogP contribution is -2.16. The molecule has 2 N–H and O–H groups in total. The van der Waals surface area contributed by atoms with Crippen LogP contribution in [0.2, 0.25) is 0 Å². The van der Waals surface area contributed by atoms with Crippen LogP contribution in [0, 0.1) is 0 Å². The molecule has 0 radical (unpaired) electrons. The van der Waals surface area contributed by atoms with Gasteiger partial charge in [0, 0.05) is 18.3 Å². The van der Waals surface area contributed by atoms with Crippen molar-refractivity contribution in [2.24, 2.45) is 0 Å². The number of rotatable bonds is 4. The van der Waals surface area contributed by atoms with Crippen LogP contribution in [-0.2, 0) is 6.42 Å². The van der Waals surface area contributed by atoms with Crippen molar-refractivity contribution in [1.82, 2.24) is 14.9 Å². The first-order chi connectivity index (χ1) is 9.38. The summed E-state index contributed by atoms with van der Waals surface area (Å²) < 4.78 is 2.14. The van der Waals surface area contributed by atoms with E-state index in [9.17, 15) is 0 Å². The number of benzene rings is 1. The van der Waals surface area contributed by atoms with Crippen molar-refractivity contribution >= 4 is 0 Å². The van der Waals surface area contributed by atoms with Gasteiger partial charge in [0.2, 0.25) is 0 Å². The molecule has 0 bridgehead atoms. The maximum Gasteiger partial charge on any atom is 0.0994 e. The van der Waals surface area contributed by atoms with Gasteiger partial charge in [-0.25, -0.2) is 4.98 Å². The van der Waals surface area contributed by atoms with Gasteiger partial charge < -0.3 is 15.0 Å². The highest BCUT2D eigenvalue weighted by Crippen LogP contribution is 2.25. The number of imidazole rings is 1. The summed E-state index contributed by atoms with van der Waals surface area (Å²) in [6, 6.07) is 8.73. The molecule has 19 heavy (non-hydrogen) atoms. The molecule has 0 aliphatic carbocycles. The highest BCUT2D eigenvalue weighted by molar-refractivity contribution is 5.37. The predicted molar refractivity (Wildman–Crippen MR) is 74.3 cm³/mol. The third-order valence-electron chi connectivity index (χ3n) is 3.70. The largest absolute Gasteiger partial charge is 0.396 e. The molecule has 2 heterocycles. The van der Waals surface area contributed by atoms with Crippen LogP contribution in [0.5, 0.6) is 0 Å². The highest BCUT2D eigenvalue weighted by Gasteiger charge is 2.20. The molecule has 3 rings (SSSR count). The van der Waals surface area contributed by atoms with Gasteiger partial charge in [-0.05, 0) is 43.5 Å². The summed E-state index contributed by atoms with van der Waals surface area (Å²) in [5, 5.41) is 12.4. The van der Waals surface area contributed by atoms with Gasteiger partial charge in [-0.2, -0.15) is 0 Å². The Bertz CT molecular complexity index is 527. The Balaban J connectivity index is 1.87. The zero-order valence-electron chi connectivity index (χ0n) is 10.9. The van der Waals surface area contributed by atoms with Crippen LogP contribution in [0.15, 0.2) is 36.8 Å². The van der Waals surface area contributed by atoms with E-state index in [1.165, 1.54) is 18.5 Å². The van der Waals surface area contributed by atoms with Crippen LogP contribution in [0.25, 0.3) is 5.69 Å². The number of nitrogens with one attached hydrogen (secondary N) is 1. The third-order valence-corrected chi connectivity index (χ3v) is 3.70. The highest BCUT2D eigenvalue weighted by atomic mass is 16.2. The van der Waals surface area contributed by atoms with Crippen molar-refractivity contribution in [3.8, 4) is 5.69 Å². The average molecular weight is 257 g/mol. The van der Waals surface area contributed by atoms with Gasteiger partial charge in [0.15, 0.2) is 0 Å². The molecule has 1 aliphatic heterocycles. The van der Waals surface area contributed by atoms with Crippen LogP contribution in [0.3, 0.4) is 0 Å². The fraction of sp³-hybridized carbons (Fsp3) is 0.400. The maximum absolute atomic E-state index is 8.94. The van der Waals surface area contributed by atoms with Gasteiger partial charge in [0.25, 0.3) is 0 Å². The Morgan fingerprint density at radius 2 is 2.16 bits per heavy atom. The minimum absolute atomic E-state index is 0.196. The van der Waals surface area contributed by atoms with Crippen molar-refractivity contribution < 1.29 is 5.11 Å². The average Bonchev–Trinajstić information content (AvgIpc) is 3.11. The van der Waals surface area contributed by atoms with E-state index in [0.29, 0.717) is 12.5 Å². The fourth-order valence-electron chi connectivity index (χ4n) is 2.67. The molecule has 0 spiro atoms. The van der Waals surface area contributed by atoms with Crippen LogP contribution < -0.4 is 5.32 Å². The van der Waals surface area contributed by atoms with Gasteiger partial charge in [0.05, 0.1) is 18.2 Å². The van der Waals surface area contributed by atoms with Crippen LogP contribution >= 0.6 is 0 Å². The standard InChI is InChI=1S/C15H19N3O/c19-9-7-12-3-5-13(6-4-12)18-11-16-10-15(18)14-2-1-8-17-14/h3-6,10-11,14,17,19H,1-2,7-9H2. The molecule has 2 aromatic rings. The number of hydrogen-bond donors (Lipinski definition) is 2. The van der Waals surface area contributed by atoms with Crippen LogP contribution in [-0.4, -0.2) is 27.8 Å². The smallest absolute Gasteiger partial charge is 0.0994 e. The number of aromatic nitrogens is 2. The molecule has 1 unspecified atom stereocenters. The lowest BCUT2D eigenvalue weighted by atomic mass is 10.1. The molecule has 1 aromatic heterocycles. The van der Waals surface area contributed by atoms with E-state index in [1.807, 2.05) is 12.5 Å². The molecule has 0 saturated carbocycles. The molecule has 4 heteroatoms. The zero-order chi connectivity index (χ0) is 13.1. The monoisotopic (exact) mass is 257 g/mol. The molecule has 1 atom stereocenters. The van der Waals surface area contributed by atoms with Gasteiger partial charge >= 0.3 is 0 Å². The minimum Gasteiger partial charge on any atom is -0.396 e. The summed E-state index contributed by atoms with van der Waals surface area (Å²) >= 11 is 0. The second-order valence-corrected chi connectivity index (χ2v) is 4.98. The first kappa shape index (κ1) is 12.4. The molecule has 1 aromatic carbocycles. The summed E-state index contributed by atoms with van der Waals surface area (Å²) in [4.78, 5) is 4.28. The topological polar surface area (TPSA) is 50.1 Å². The van der Waals surface area contributed by atoms with E-state index < -0.39 is 0 Å². The predicted octanol–water partition coefficient (Wildman–Crippen LogP) is 1.83. The molecule has 4 nitrogen and oxygen atoms in total. The number of nitrogens with zero attached hydrogens (tertiary/aromatic N) is 2. The Kier molecular flexibility index (Phi) is 3.62. The number of aliphatic hydroxyl groups is 1. The van der Waals surface area contributed by atoms with Crippen molar-refractivity contribution in [2.45, 2.75) is 25.3 Å². The number of aliphatic hydroxyl groups excluding tert-OH is 1. The van der Waals surface area contributed by atoms with Crippen molar-refractivity contribution in [3.05, 3.63) is 48.0 Å². The summed E-state index contributed by atoms with van der Waals surface area (Å²) in [5.74, 6) is 0. The van der Waals surface area contributed by atoms with Gasteiger partial charge in [0.1, 0.15) is 0 Å². The van der Waals surface area contributed by atoms with E-state index >= 15 is 0 Å². The third kappa shape index (κ3) is 2.55. The lowest BCUT2D eigenvalue weighted by Gasteiger charge is -2.14. The van der Waals surface area contributed by atoms with E-state index in [1.54, 1.807) is 0 Å². The molecular weight excluding hydrogens is 238 g/mol. The first-order valence-electron chi connectivity index (χ1n) is 6.84. The molecule has 0 amide bonds. The Morgan fingerprint density at radius 1 is 1.32 bits per heavy atom. The quantitative estimate of drug-likeness (QED) is 0.878. The summed E-state index contributed by atoms with van der Waals surface area (Å²) in [7, 11) is 0. The van der Waals surface area contributed by atoms with Crippen molar-refractivity contribution in [3.63, 3.8) is 0 Å². The second kappa shape index (κ2) is 5.55. The SMILES string of the molecule is OCCc1ccc(-n2cncc2C2CCCN2)cc1. The van der Waals surface area contributed by atoms with Crippen molar-refractivity contribution in [1.29, 1.82) is 0 Å². The second-order valence-electron chi connectivity index (χ2n) is 4.98. The Hall–Kier alpha value is -1.65. The molecule has 1 fully saturated rings. The normalized spacial score (nSPS) is 18.9. The van der Waals surface area contributed by atoms with E-state index in [2.05, 4.69) is 39.1 Å². The van der Waals surface area contributed by atoms with Crippen LogP contribution in [0.1, 0.15) is 30.1 Å². The first-order valence-corrected chi connectivity index (χ1v) is 6.84. The fourth-order valence-corrected chi connectivity index (χ4v) is 2.67. The summed E-state index contributed by atoms with van der Waals surface area (Å²) in [6.07, 6.45) is 6.93.